The zero-order valence-corrected chi connectivity index (χ0v) is 34.1. The van der Waals surface area contributed by atoms with E-state index in [1.54, 1.807) is 0 Å². The van der Waals surface area contributed by atoms with E-state index in [-0.39, 0.29) is 43.4 Å². The van der Waals surface area contributed by atoms with Crippen LogP contribution < -0.4 is 10.6 Å². The van der Waals surface area contributed by atoms with E-state index < -0.39 is 28.3 Å². The van der Waals surface area contributed by atoms with E-state index >= 15 is 0 Å². The second kappa shape index (κ2) is 40.6. The van der Waals surface area contributed by atoms with Crippen molar-refractivity contribution in [2.24, 2.45) is 0 Å². The molecule has 24 nitrogen and oxygen atoms in total. The fourth-order valence-corrected chi connectivity index (χ4v) is 4.26. The number of ether oxygens (including phenoxy) is 13. The molecule has 0 aliphatic carbocycles. The molecule has 0 atom stereocenters. The molecule has 0 bridgehead atoms. The number of non-ortho nitro benzene ring substituents is 1. The van der Waals surface area contributed by atoms with E-state index in [0.717, 1.165) is 6.07 Å². The minimum Gasteiger partial charge on any atom is -0.480 e. The van der Waals surface area contributed by atoms with Crippen LogP contribution in [0.15, 0.2) is 18.2 Å². The highest BCUT2D eigenvalue weighted by atomic mass is 16.6. The number of anilines is 1. The highest BCUT2D eigenvalue weighted by molar-refractivity contribution is 5.77. The summed E-state index contributed by atoms with van der Waals surface area (Å²) in [6.45, 7) is 9.55. The van der Waals surface area contributed by atoms with Crippen molar-refractivity contribution in [3.05, 3.63) is 38.4 Å². The summed E-state index contributed by atoms with van der Waals surface area (Å²) in [5.74, 6) is -1.54. The summed E-state index contributed by atoms with van der Waals surface area (Å²) >= 11 is 0. The summed E-state index contributed by atoms with van der Waals surface area (Å²) in [6, 6.07) is 3.41. The molecule has 0 fully saturated rings. The van der Waals surface area contributed by atoms with Crippen LogP contribution in [-0.4, -0.2) is 212 Å². The van der Waals surface area contributed by atoms with E-state index in [1.165, 1.54) is 12.1 Å². The van der Waals surface area contributed by atoms with Gasteiger partial charge in [0.2, 0.25) is 5.91 Å². The largest absolute Gasteiger partial charge is 0.480 e. The van der Waals surface area contributed by atoms with Crippen molar-refractivity contribution in [1.29, 1.82) is 0 Å². The smallest absolute Gasteiger partial charge is 0.329 e. The van der Waals surface area contributed by atoms with E-state index in [1.807, 2.05) is 0 Å². The first-order valence-electron chi connectivity index (χ1n) is 19.5. The fraction of sp³-hybridized carbons (Fsp3) is 0.778. The predicted octanol–water partition coefficient (Wildman–Crippen LogP) is 0.332. The maximum Gasteiger partial charge on any atom is 0.329 e. The van der Waals surface area contributed by atoms with Crippen molar-refractivity contribution in [2.75, 3.05) is 190 Å². The standard InChI is InChI=1S/C36H62N4O20/c41-35(30-60-31-36(42)43)38-4-6-49-8-10-51-12-14-53-16-18-55-20-22-57-24-26-59-28-27-58-25-23-56-21-19-54-17-15-52-13-11-50-9-7-48-5-3-37-33-2-1-32(39(44)45)29-34(33)40(46)47/h1-2,29,37H,3-28,30-31H2,(H,38,41)(H,42,43). The number of aliphatic carboxylic acids is 1. The third-order valence-electron chi connectivity index (χ3n) is 7.07. The Bertz CT molecular complexity index is 1240. The van der Waals surface area contributed by atoms with Crippen molar-refractivity contribution in [1.82, 2.24) is 5.32 Å². The van der Waals surface area contributed by atoms with Gasteiger partial charge in [0.1, 0.15) is 18.9 Å². The number of nitro groups is 2. The number of hydrogen-bond acceptors (Lipinski definition) is 20. The zero-order chi connectivity index (χ0) is 43.6. The molecular weight excluding hydrogens is 808 g/mol. The topological polar surface area (TPSA) is 285 Å². The normalized spacial score (nSPS) is 11.2. The summed E-state index contributed by atoms with van der Waals surface area (Å²) in [7, 11) is 0. The lowest BCUT2D eigenvalue weighted by atomic mass is 10.2. The van der Waals surface area contributed by atoms with Crippen LogP contribution in [0.4, 0.5) is 17.1 Å². The first-order chi connectivity index (χ1) is 29.3. The number of benzene rings is 1. The molecule has 60 heavy (non-hydrogen) atoms. The average Bonchev–Trinajstić information content (AvgIpc) is 3.22. The minimum absolute atomic E-state index is 0.177. The number of amides is 1. The summed E-state index contributed by atoms with van der Waals surface area (Å²) in [4.78, 5) is 42.3. The molecule has 1 aromatic carbocycles. The minimum atomic E-state index is -1.13. The van der Waals surface area contributed by atoms with Gasteiger partial charge >= 0.3 is 5.97 Å². The number of carbonyl (C=O) groups excluding carboxylic acids is 1. The number of rotatable bonds is 46. The number of nitro benzene ring substituents is 2. The van der Waals surface area contributed by atoms with Gasteiger partial charge in [-0.05, 0) is 6.07 Å². The van der Waals surface area contributed by atoms with Gasteiger partial charge in [-0.15, -0.1) is 0 Å². The maximum atomic E-state index is 11.4. The van der Waals surface area contributed by atoms with Crippen LogP contribution in [0.1, 0.15) is 0 Å². The van der Waals surface area contributed by atoms with Gasteiger partial charge in [-0.1, -0.05) is 0 Å². The number of carbonyl (C=O) groups is 2. The van der Waals surface area contributed by atoms with Crippen LogP contribution in [0.25, 0.3) is 0 Å². The number of carboxylic acids is 1. The first kappa shape index (κ1) is 54.3. The highest BCUT2D eigenvalue weighted by Gasteiger charge is 2.19. The third-order valence-corrected chi connectivity index (χ3v) is 7.07. The molecule has 1 aromatic rings. The van der Waals surface area contributed by atoms with Gasteiger partial charge in [-0.25, -0.2) is 4.79 Å². The molecule has 1 rings (SSSR count). The quantitative estimate of drug-likeness (QED) is 0.0452. The van der Waals surface area contributed by atoms with Gasteiger partial charge in [0.05, 0.1) is 174 Å². The summed E-state index contributed by atoms with van der Waals surface area (Å²) in [6.07, 6.45) is 0. The van der Waals surface area contributed by atoms with Crippen molar-refractivity contribution in [3.8, 4) is 0 Å². The molecule has 0 saturated carbocycles. The predicted molar refractivity (Wildman–Crippen MR) is 210 cm³/mol. The molecule has 346 valence electrons. The van der Waals surface area contributed by atoms with Crippen molar-refractivity contribution >= 4 is 28.9 Å². The summed E-state index contributed by atoms with van der Waals surface area (Å²) < 4.78 is 69.9. The average molecular weight is 871 g/mol. The fourth-order valence-electron chi connectivity index (χ4n) is 4.26. The Morgan fingerprint density at radius 3 is 1.12 bits per heavy atom. The van der Waals surface area contributed by atoms with Crippen LogP contribution >= 0.6 is 0 Å². The van der Waals surface area contributed by atoms with Crippen LogP contribution in [-0.2, 0) is 71.2 Å². The number of carboxylic acid groups (broad SMARTS) is 1. The van der Waals surface area contributed by atoms with E-state index in [4.69, 9.17) is 61.9 Å². The van der Waals surface area contributed by atoms with Gasteiger partial charge < -0.3 is 77.3 Å². The summed E-state index contributed by atoms with van der Waals surface area (Å²) in [5.41, 5.74) is -0.551. The molecule has 0 heterocycles. The molecule has 0 saturated heterocycles. The third kappa shape index (κ3) is 35.0. The lowest BCUT2D eigenvalue weighted by molar-refractivity contribution is -0.393. The number of nitrogens with one attached hydrogen (secondary N) is 2. The van der Waals surface area contributed by atoms with Gasteiger partial charge in [0.15, 0.2) is 0 Å². The van der Waals surface area contributed by atoms with E-state index in [0.29, 0.717) is 152 Å². The van der Waals surface area contributed by atoms with Crippen LogP contribution in [0.2, 0.25) is 0 Å². The second-order valence-corrected chi connectivity index (χ2v) is 11.7. The van der Waals surface area contributed by atoms with Gasteiger partial charge in [0.25, 0.3) is 11.4 Å². The van der Waals surface area contributed by atoms with E-state index in [2.05, 4.69) is 15.4 Å². The molecule has 0 radical (unpaired) electrons. The van der Waals surface area contributed by atoms with E-state index in [9.17, 15) is 29.8 Å². The monoisotopic (exact) mass is 870 g/mol. The highest BCUT2D eigenvalue weighted by Crippen LogP contribution is 2.28. The van der Waals surface area contributed by atoms with Gasteiger partial charge in [-0.2, -0.15) is 0 Å². The maximum absolute atomic E-state index is 11.4. The SMILES string of the molecule is O=C(O)COCC(=O)NCCOCCOCCOCCOCCOCCOCCOCCOCCOCCOCCOCCOCCNc1ccc([N+](=O)[O-])cc1[N+](=O)[O-]. The molecular formula is C36H62N4O20. The molecule has 1 amide bonds. The molecule has 24 heteroatoms. The molecule has 0 unspecified atom stereocenters. The Morgan fingerprint density at radius 2 is 0.800 bits per heavy atom. The van der Waals surface area contributed by atoms with Crippen molar-refractivity contribution in [3.63, 3.8) is 0 Å². The first-order valence-corrected chi connectivity index (χ1v) is 19.5. The Kier molecular flexibility index (Phi) is 36.7. The van der Waals surface area contributed by atoms with Gasteiger partial charge in [-0.3, -0.25) is 25.0 Å². The van der Waals surface area contributed by atoms with Crippen LogP contribution in [0.3, 0.4) is 0 Å². The lowest BCUT2D eigenvalue weighted by Crippen LogP contribution is -2.31. The Morgan fingerprint density at radius 1 is 0.467 bits per heavy atom. The Balaban J connectivity index is 1.69. The lowest BCUT2D eigenvalue weighted by Gasteiger charge is -2.09. The van der Waals surface area contributed by atoms with Gasteiger partial charge in [0, 0.05) is 19.2 Å². The molecule has 0 spiro atoms. The Hall–Kier alpha value is -3.76. The zero-order valence-electron chi connectivity index (χ0n) is 34.1. The number of nitrogens with zero attached hydrogens (tertiary/aromatic N) is 2. The van der Waals surface area contributed by atoms with Crippen molar-refractivity contribution in [2.45, 2.75) is 0 Å². The summed E-state index contributed by atoms with van der Waals surface area (Å²) in [5, 5.41) is 35.8. The Labute approximate surface area is 348 Å². The molecule has 0 aliphatic heterocycles. The molecule has 3 N–H and O–H groups in total. The van der Waals surface area contributed by atoms with Crippen molar-refractivity contribution < 1.29 is 86.1 Å². The second-order valence-electron chi connectivity index (χ2n) is 11.7. The molecule has 0 aromatic heterocycles. The number of hydrogen-bond donors (Lipinski definition) is 3. The van der Waals surface area contributed by atoms with Crippen LogP contribution in [0, 0.1) is 20.2 Å². The van der Waals surface area contributed by atoms with Crippen LogP contribution in [0.5, 0.6) is 0 Å². The molecule has 0 aliphatic rings.